The molecule has 0 unspecified atom stereocenters. The molecule has 1 heterocycles. The Balaban J connectivity index is 0.00000169. The molecule has 0 aliphatic heterocycles. The van der Waals surface area contributed by atoms with Gasteiger partial charge in [0.1, 0.15) is 11.5 Å². The summed E-state index contributed by atoms with van der Waals surface area (Å²) in [6.07, 6.45) is 1.70. The summed E-state index contributed by atoms with van der Waals surface area (Å²) >= 11 is 0. The van der Waals surface area contributed by atoms with Crippen LogP contribution >= 0.6 is 12.4 Å². The van der Waals surface area contributed by atoms with Gasteiger partial charge in [-0.25, -0.2) is 0 Å². The van der Waals surface area contributed by atoms with Gasteiger partial charge in [0.05, 0.1) is 6.04 Å². The molecule has 0 saturated heterocycles. The van der Waals surface area contributed by atoms with E-state index >= 15 is 0 Å². The molecule has 0 aromatic carbocycles. The highest BCUT2D eigenvalue weighted by Gasteiger charge is 2.10. The van der Waals surface area contributed by atoms with Gasteiger partial charge in [0.15, 0.2) is 0 Å². The second kappa shape index (κ2) is 5.89. The summed E-state index contributed by atoms with van der Waals surface area (Å²) in [5.41, 5.74) is 6.99. The summed E-state index contributed by atoms with van der Waals surface area (Å²) in [7, 11) is 0. The third-order valence-electron chi connectivity index (χ3n) is 1.96. The van der Waals surface area contributed by atoms with E-state index in [4.69, 9.17) is 10.2 Å². The minimum absolute atomic E-state index is 0. The first-order chi connectivity index (χ1) is 6.13. The van der Waals surface area contributed by atoms with Crippen molar-refractivity contribution in [2.45, 2.75) is 32.7 Å². The van der Waals surface area contributed by atoms with Crippen molar-refractivity contribution in [2.24, 2.45) is 5.73 Å². The van der Waals surface area contributed by atoms with Crippen LogP contribution in [0.3, 0.4) is 0 Å². The van der Waals surface area contributed by atoms with Crippen LogP contribution in [0.2, 0.25) is 0 Å². The predicted molar refractivity (Wildman–Crippen MR) is 61.7 cm³/mol. The Kier molecular flexibility index (Phi) is 5.58. The second-order valence-electron chi connectivity index (χ2n) is 3.43. The van der Waals surface area contributed by atoms with Crippen molar-refractivity contribution < 1.29 is 4.42 Å². The number of hydrogen-bond acceptors (Lipinski definition) is 2. The zero-order chi connectivity index (χ0) is 9.84. The highest BCUT2D eigenvalue weighted by molar-refractivity contribution is 5.85. The van der Waals surface area contributed by atoms with Crippen LogP contribution in [0.25, 0.3) is 0 Å². The molecule has 0 amide bonds. The van der Waals surface area contributed by atoms with Crippen LogP contribution in [0.5, 0.6) is 0 Å². The maximum atomic E-state index is 5.91. The molecule has 0 bridgehead atoms. The summed E-state index contributed by atoms with van der Waals surface area (Å²) in [4.78, 5) is 0. The Bertz CT molecular complexity index is 293. The molecule has 0 radical (unpaired) electrons. The van der Waals surface area contributed by atoms with Crippen molar-refractivity contribution in [1.29, 1.82) is 0 Å². The van der Waals surface area contributed by atoms with Gasteiger partial charge in [-0.3, -0.25) is 0 Å². The molecular formula is C11H18ClNO. The van der Waals surface area contributed by atoms with Crippen LogP contribution in [0, 0.1) is 0 Å². The van der Waals surface area contributed by atoms with Crippen molar-refractivity contribution in [1.82, 2.24) is 0 Å². The lowest BCUT2D eigenvalue weighted by atomic mass is 10.1. The number of rotatable bonds is 4. The number of furan rings is 1. The van der Waals surface area contributed by atoms with Crippen molar-refractivity contribution in [3.8, 4) is 0 Å². The first-order valence-electron chi connectivity index (χ1n) is 4.62. The van der Waals surface area contributed by atoms with Crippen LogP contribution in [0.1, 0.15) is 37.8 Å². The summed E-state index contributed by atoms with van der Waals surface area (Å²) in [5, 5.41) is 0. The number of nitrogens with two attached hydrogens (primary N) is 1. The van der Waals surface area contributed by atoms with Crippen LogP contribution in [-0.2, 0) is 6.42 Å². The Morgan fingerprint density at radius 3 is 2.64 bits per heavy atom. The third kappa shape index (κ3) is 3.56. The first kappa shape index (κ1) is 13.3. The van der Waals surface area contributed by atoms with Crippen molar-refractivity contribution in [3.05, 3.63) is 35.8 Å². The second-order valence-corrected chi connectivity index (χ2v) is 3.43. The lowest BCUT2D eigenvalue weighted by Crippen LogP contribution is -2.09. The summed E-state index contributed by atoms with van der Waals surface area (Å²) in [5.74, 6) is 1.85. The lowest BCUT2D eigenvalue weighted by Gasteiger charge is -2.07. The van der Waals surface area contributed by atoms with E-state index < -0.39 is 0 Å². The Hall–Kier alpha value is -0.730. The SMILES string of the molecule is C=C(C)C[C@@H](N)c1ccc(CC)o1.Cl. The van der Waals surface area contributed by atoms with E-state index in [0.29, 0.717) is 0 Å². The fourth-order valence-electron chi connectivity index (χ4n) is 1.26. The molecule has 1 rings (SSSR count). The van der Waals surface area contributed by atoms with Crippen molar-refractivity contribution >= 4 is 12.4 Å². The Morgan fingerprint density at radius 1 is 1.57 bits per heavy atom. The van der Waals surface area contributed by atoms with Gasteiger partial charge in [-0.15, -0.1) is 19.0 Å². The molecule has 0 saturated carbocycles. The average Bonchev–Trinajstić information content (AvgIpc) is 2.50. The first-order valence-corrected chi connectivity index (χ1v) is 4.62. The summed E-state index contributed by atoms with van der Waals surface area (Å²) < 4.78 is 5.53. The molecule has 2 N–H and O–H groups in total. The smallest absolute Gasteiger partial charge is 0.121 e. The maximum absolute atomic E-state index is 5.91. The van der Waals surface area contributed by atoms with E-state index in [1.54, 1.807) is 0 Å². The van der Waals surface area contributed by atoms with E-state index in [9.17, 15) is 0 Å². The third-order valence-corrected chi connectivity index (χ3v) is 1.96. The highest BCUT2D eigenvalue weighted by Crippen LogP contribution is 2.20. The zero-order valence-electron chi connectivity index (χ0n) is 8.75. The highest BCUT2D eigenvalue weighted by atomic mass is 35.5. The maximum Gasteiger partial charge on any atom is 0.121 e. The van der Waals surface area contributed by atoms with E-state index in [2.05, 4.69) is 13.5 Å². The molecule has 0 spiro atoms. The van der Waals surface area contributed by atoms with E-state index in [1.807, 2.05) is 19.1 Å². The zero-order valence-corrected chi connectivity index (χ0v) is 9.56. The molecule has 1 atom stereocenters. The van der Waals surface area contributed by atoms with Crippen LogP contribution in [-0.4, -0.2) is 0 Å². The van der Waals surface area contributed by atoms with Crippen LogP contribution < -0.4 is 5.73 Å². The standard InChI is InChI=1S/C11H17NO.ClH/c1-4-9-5-6-11(13-9)10(12)7-8(2)3;/h5-6,10H,2,4,7,12H2,1,3H3;1H/t10-;/m1./s1. The summed E-state index contributed by atoms with van der Waals surface area (Å²) in [6.45, 7) is 7.86. The van der Waals surface area contributed by atoms with Crippen LogP contribution in [0.15, 0.2) is 28.7 Å². The molecule has 0 fully saturated rings. The molecule has 1 aromatic heterocycles. The van der Waals surface area contributed by atoms with E-state index in [-0.39, 0.29) is 18.4 Å². The molecule has 14 heavy (non-hydrogen) atoms. The molecule has 1 aromatic rings. The van der Waals surface area contributed by atoms with E-state index in [1.165, 1.54) is 0 Å². The molecule has 0 aliphatic rings. The van der Waals surface area contributed by atoms with Gasteiger partial charge in [0.2, 0.25) is 0 Å². The predicted octanol–water partition coefficient (Wildman–Crippen LogP) is 3.23. The normalized spacial score (nSPS) is 11.9. The van der Waals surface area contributed by atoms with Gasteiger partial charge in [-0.2, -0.15) is 0 Å². The number of halogens is 1. The molecule has 3 heteroatoms. The minimum atomic E-state index is -0.0437. The van der Waals surface area contributed by atoms with Gasteiger partial charge in [-0.1, -0.05) is 12.5 Å². The van der Waals surface area contributed by atoms with Gasteiger partial charge < -0.3 is 10.2 Å². The molecular weight excluding hydrogens is 198 g/mol. The average molecular weight is 216 g/mol. The van der Waals surface area contributed by atoms with E-state index in [0.717, 1.165) is 29.9 Å². The van der Waals surface area contributed by atoms with Crippen molar-refractivity contribution in [3.63, 3.8) is 0 Å². The Labute approximate surface area is 91.6 Å². The molecule has 2 nitrogen and oxygen atoms in total. The summed E-state index contributed by atoms with van der Waals surface area (Å²) in [6, 6.07) is 3.89. The topological polar surface area (TPSA) is 39.2 Å². The Morgan fingerprint density at radius 2 is 2.21 bits per heavy atom. The minimum Gasteiger partial charge on any atom is -0.464 e. The fourth-order valence-corrected chi connectivity index (χ4v) is 1.26. The monoisotopic (exact) mass is 215 g/mol. The van der Waals surface area contributed by atoms with Gasteiger partial charge >= 0.3 is 0 Å². The van der Waals surface area contributed by atoms with Crippen LogP contribution in [0.4, 0.5) is 0 Å². The molecule has 0 aliphatic carbocycles. The van der Waals surface area contributed by atoms with Gasteiger partial charge in [0.25, 0.3) is 0 Å². The van der Waals surface area contributed by atoms with Gasteiger partial charge in [-0.05, 0) is 25.5 Å². The fraction of sp³-hybridized carbons (Fsp3) is 0.455. The largest absolute Gasteiger partial charge is 0.464 e. The molecule has 80 valence electrons. The quantitative estimate of drug-likeness (QED) is 0.784. The number of hydrogen-bond donors (Lipinski definition) is 1. The van der Waals surface area contributed by atoms with Gasteiger partial charge in [0, 0.05) is 6.42 Å². The number of aryl methyl sites for hydroxylation is 1. The lowest BCUT2D eigenvalue weighted by molar-refractivity contribution is 0.434. The van der Waals surface area contributed by atoms with Crippen molar-refractivity contribution in [2.75, 3.05) is 0 Å².